The van der Waals surface area contributed by atoms with Crippen LogP contribution in [-0.2, 0) is 24.2 Å². The number of hydrogen-bond acceptors (Lipinski definition) is 6. The molecule has 1 aliphatic heterocycles. The minimum absolute atomic E-state index is 0.166. The number of anilines is 1. The van der Waals surface area contributed by atoms with Gasteiger partial charge < -0.3 is 14.2 Å². The van der Waals surface area contributed by atoms with Crippen molar-refractivity contribution < 1.29 is 13.7 Å². The Labute approximate surface area is 207 Å². The number of benzene rings is 2. The van der Waals surface area contributed by atoms with E-state index in [0.29, 0.717) is 43.3 Å². The molecule has 0 bridgehead atoms. The summed E-state index contributed by atoms with van der Waals surface area (Å²) in [6, 6.07) is 14.0. The highest BCUT2D eigenvalue weighted by Gasteiger charge is 2.30. The molecule has 0 N–H and O–H groups in total. The molecule has 1 fully saturated rings. The molecular formula is C26H29FN4O3S. The SMILES string of the molecule is CCC[S+]([O-])N1CCN(c2cnn(-c3cccc(F)c3)c(=O)c2OC2Cc3ccccc3C2)CC1. The molecule has 35 heavy (non-hydrogen) atoms. The molecule has 1 atom stereocenters. The predicted molar refractivity (Wildman–Crippen MR) is 135 cm³/mol. The first-order chi connectivity index (χ1) is 17.0. The number of fused-ring (bicyclic) bond motifs is 1. The first-order valence-electron chi connectivity index (χ1n) is 12.0. The van der Waals surface area contributed by atoms with Crippen molar-refractivity contribution in [2.24, 2.45) is 0 Å². The van der Waals surface area contributed by atoms with Gasteiger partial charge in [-0.3, -0.25) is 4.79 Å². The summed E-state index contributed by atoms with van der Waals surface area (Å²) < 4.78 is 35.9. The van der Waals surface area contributed by atoms with E-state index in [2.05, 4.69) is 22.1 Å². The van der Waals surface area contributed by atoms with Gasteiger partial charge in [-0.05, 0) is 35.7 Å². The van der Waals surface area contributed by atoms with Crippen molar-refractivity contribution in [3.8, 4) is 11.4 Å². The van der Waals surface area contributed by atoms with Crippen LogP contribution in [0.2, 0.25) is 0 Å². The zero-order chi connectivity index (χ0) is 24.4. The standard InChI is InChI=1S/C26H29FN4O3S/c1-2-14-35(33)30-12-10-29(11-13-30)24-18-28-31(22-9-5-8-21(27)17-22)26(32)25(24)34-23-15-19-6-3-4-7-20(19)16-23/h3-9,17-18,23H,2,10-16H2,1H3. The third kappa shape index (κ3) is 5.07. The minimum atomic E-state index is -0.986. The van der Waals surface area contributed by atoms with Gasteiger partial charge in [-0.2, -0.15) is 9.78 Å². The summed E-state index contributed by atoms with van der Waals surface area (Å²) in [5.41, 5.74) is 3.01. The summed E-state index contributed by atoms with van der Waals surface area (Å²) in [4.78, 5) is 15.7. The average Bonchev–Trinajstić information content (AvgIpc) is 3.28. The summed E-state index contributed by atoms with van der Waals surface area (Å²) in [5, 5.41) is 4.37. The Balaban J connectivity index is 1.45. The van der Waals surface area contributed by atoms with E-state index in [9.17, 15) is 13.7 Å². The zero-order valence-corrected chi connectivity index (χ0v) is 20.5. The molecule has 2 aliphatic rings. The van der Waals surface area contributed by atoms with E-state index in [1.54, 1.807) is 18.3 Å². The fourth-order valence-electron chi connectivity index (χ4n) is 4.76. The maximum atomic E-state index is 13.9. The van der Waals surface area contributed by atoms with Gasteiger partial charge in [0.05, 0.1) is 25.0 Å². The van der Waals surface area contributed by atoms with E-state index in [-0.39, 0.29) is 11.9 Å². The average molecular weight is 497 g/mol. The normalized spacial score (nSPS) is 17.4. The van der Waals surface area contributed by atoms with E-state index in [0.717, 1.165) is 19.3 Å². The Kier molecular flexibility index (Phi) is 7.08. The molecule has 2 aromatic carbocycles. The maximum Gasteiger partial charge on any atom is 0.316 e. The minimum Gasteiger partial charge on any atom is -0.598 e. The number of nitrogens with zero attached hydrogens (tertiary/aromatic N) is 4. The van der Waals surface area contributed by atoms with Crippen LogP contribution in [0.1, 0.15) is 24.5 Å². The van der Waals surface area contributed by atoms with Gasteiger partial charge in [0.25, 0.3) is 0 Å². The van der Waals surface area contributed by atoms with Crippen molar-refractivity contribution in [2.75, 3.05) is 36.8 Å². The molecule has 1 aromatic heterocycles. The molecule has 1 saturated heterocycles. The van der Waals surface area contributed by atoms with Crippen LogP contribution in [0.25, 0.3) is 5.69 Å². The number of halogens is 1. The summed E-state index contributed by atoms with van der Waals surface area (Å²) in [6.45, 7) is 4.52. The van der Waals surface area contributed by atoms with E-state index in [4.69, 9.17) is 4.74 Å². The third-order valence-electron chi connectivity index (χ3n) is 6.51. The topological polar surface area (TPSA) is 73.7 Å². The molecule has 0 spiro atoms. The number of ether oxygens (including phenoxy) is 1. The van der Waals surface area contributed by atoms with Gasteiger partial charge in [-0.25, -0.2) is 4.39 Å². The van der Waals surface area contributed by atoms with Gasteiger partial charge in [-0.15, -0.1) is 4.31 Å². The van der Waals surface area contributed by atoms with E-state index in [1.165, 1.54) is 27.9 Å². The number of hydrogen-bond donors (Lipinski definition) is 0. The summed E-state index contributed by atoms with van der Waals surface area (Å²) in [7, 11) is 0. The van der Waals surface area contributed by atoms with Crippen LogP contribution in [0.3, 0.4) is 0 Å². The molecule has 1 unspecified atom stereocenters. The Morgan fingerprint density at radius 1 is 1.09 bits per heavy atom. The third-order valence-corrected chi connectivity index (χ3v) is 8.21. The lowest BCUT2D eigenvalue weighted by atomic mass is 10.1. The van der Waals surface area contributed by atoms with Crippen LogP contribution < -0.4 is 15.2 Å². The monoisotopic (exact) mass is 496 g/mol. The largest absolute Gasteiger partial charge is 0.598 e. The van der Waals surface area contributed by atoms with Crippen molar-refractivity contribution >= 4 is 17.0 Å². The number of piperazine rings is 1. The van der Waals surface area contributed by atoms with Gasteiger partial charge in [0.15, 0.2) is 0 Å². The molecule has 5 rings (SSSR count). The van der Waals surface area contributed by atoms with Crippen molar-refractivity contribution in [3.05, 3.63) is 82.0 Å². The molecule has 0 amide bonds. The maximum absolute atomic E-state index is 13.9. The molecule has 3 aromatic rings. The van der Waals surface area contributed by atoms with Gasteiger partial charge in [-0.1, -0.05) is 37.3 Å². The van der Waals surface area contributed by atoms with Crippen LogP contribution in [0, 0.1) is 5.82 Å². The van der Waals surface area contributed by atoms with Crippen molar-refractivity contribution in [2.45, 2.75) is 32.3 Å². The highest BCUT2D eigenvalue weighted by Crippen LogP contribution is 2.30. The number of aromatic nitrogens is 2. The lowest BCUT2D eigenvalue weighted by Crippen LogP contribution is -2.49. The Bertz CT molecular complexity index is 1220. The van der Waals surface area contributed by atoms with Crippen molar-refractivity contribution in [1.29, 1.82) is 0 Å². The highest BCUT2D eigenvalue weighted by molar-refractivity contribution is 7.89. The molecule has 1 aliphatic carbocycles. The van der Waals surface area contributed by atoms with Gasteiger partial charge in [0.2, 0.25) is 5.75 Å². The predicted octanol–water partition coefficient (Wildman–Crippen LogP) is 3.11. The molecule has 9 heteroatoms. The van der Waals surface area contributed by atoms with Gasteiger partial charge in [0, 0.05) is 37.3 Å². The second-order valence-corrected chi connectivity index (χ2v) is 10.5. The fourth-order valence-corrected chi connectivity index (χ4v) is 5.94. The van der Waals surface area contributed by atoms with Crippen molar-refractivity contribution in [3.63, 3.8) is 0 Å². The van der Waals surface area contributed by atoms with Gasteiger partial charge in [0.1, 0.15) is 23.4 Å². The summed E-state index contributed by atoms with van der Waals surface area (Å²) in [5.74, 6) is 0.442. The highest BCUT2D eigenvalue weighted by atomic mass is 32.2. The summed E-state index contributed by atoms with van der Waals surface area (Å²) >= 11 is -0.986. The van der Waals surface area contributed by atoms with E-state index < -0.39 is 22.7 Å². The second kappa shape index (κ2) is 10.4. The molecule has 2 heterocycles. The molecule has 184 valence electrons. The smallest absolute Gasteiger partial charge is 0.316 e. The van der Waals surface area contributed by atoms with E-state index in [1.807, 2.05) is 23.4 Å². The van der Waals surface area contributed by atoms with E-state index >= 15 is 0 Å². The first-order valence-corrected chi connectivity index (χ1v) is 13.3. The first kappa shape index (κ1) is 23.8. The molecule has 0 saturated carbocycles. The van der Waals surface area contributed by atoms with Crippen LogP contribution in [0.4, 0.5) is 10.1 Å². The number of rotatable bonds is 7. The second-order valence-electron chi connectivity index (χ2n) is 8.91. The van der Waals surface area contributed by atoms with Crippen LogP contribution >= 0.6 is 0 Å². The van der Waals surface area contributed by atoms with Crippen LogP contribution in [0.15, 0.2) is 59.5 Å². The fraction of sp³-hybridized carbons (Fsp3) is 0.385. The van der Waals surface area contributed by atoms with Crippen LogP contribution in [-0.4, -0.2) is 56.7 Å². The lowest BCUT2D eigenvalue weighted by Gasteiger charge is -2.36. The Hall–Kier alpha value is -2.88. The van der Waals surface area contributed by atoms with Crippen LogP contribution in [0.5, 0.6) is 5.75 Å². The Morgan fingerprint density at radius 3 is 2.46 bits per heavy atom. The lowest BCUT2D eigenvalue weighted by molar-refractivity contribution is 0.209. The Morgan fingerprint density at radius 2 is 1.80 bits per heavy atom. The molecule has 7 nitrogen and oxygen atoms in total. The molecule has 0 radical (unpaired) electrons. The summed E-state index contributed by atoms with van der Waals surface area (Å²) in [6.07, 6.45) is 3.78. The van der Waals surface area contributed by atoms with Gasteiger partial charge >= 0.3 is 5.56 Å². The quantitative estimate of drug-likeness (QED) is 0.468. The zero-order valence-electron chi connectivity index (χ0n) is 19.7. The molecular weight excluding hydrogens is 467 g/mol. The van der Waals surface area contributed by atoms with Crippen molar-refractivity contribution in [1.82, 2.24) is 14.1 Å².